The normalized spacial score (nSPS) is 20.8. The molecule has 2 unspecified atom stereocenters. The van der Waals surface area contributed by atoms with E-state index in [1.165, 1.54) is 17.0 Å². The minimum absolute atomic E-state index is 0.00142. The third-order valence-electron chi connectivity index (χ3n) is 5.44. The van der Waals surface area contributed by atoms with Gasteiger partial charge in [0, 0.05) is 36.9 Å². The van der Waals surface area contributed by atoms with Crippen LogP contribution in [-0.4, -0.2) is 34.4 Å². The Kier molecular flexibility index (Phi) is 4.86. The smallest absolute Gasteiger partial charge is 0.322 e. The molecule has 1 fully saturated rings. The number of ketones is 1. The van der Waals surface area contributed by atoms with E-state index in [1.807, 2.05) is 0 Å². The number of fused-ring (bicyclic) bond motifs is 1. The molecule has 0 aromatic heterocycles. The van der Waals surface area contributed by atoms with Crippen LogP contribution in [0.1, 0.15) is 50.4 Å². The molecule has 2 atom stereocenters. The van der Waals surface area contributed by atoms with E-state index in [-0.39, 0.29) is 47.1 Å². The summed E-state index contributed by atoms with van der Waals surface area (Å²) in [6.45, 7) is -0.172. The predicted octanol–water partition coefficient (Wildman–Crippen LogP) is 3.39. The first-order chi connectivity index (χ1) is 16.4. The molecule has 0 radical (unpaired) electrons. The van der Waals surface area contributed by atoms with Gasteiger partial charge in [0.1, 0.15) is 6.04 Å². The van der Waals surface area contributed by atoms with Crippen molar-refractivity contribution in [2.45, 2.75) is 44.2 Å². The first-order valence-corrected chi connectivity index (χ1v) is 10.2. The lowest BCUT2D eigenvalue weighted by Gasteiger charge is -2.29. The van der Waals surface area contributed by atoms with Gasteiger partial charge < -0.3 is 4.90 Å². The zero-order valence-corrected chi connectivity index (χ0v) is 17.3. The predicted molar refractivity (Wildman–Crippen MR) is 111 cm³/mol. The van der Waals surface area contributed by atoms with E-state index in [4.69, 9.17) is 15.7 Å². The first kappa shape index (κ1) is 18.4. The van der Waals surface area contributed by atoms with E-state index >= 15 is 0 Å². The second-order valence-corrected chi connectivity index (χ2v) is 7.97. The van der Waals surface area contributed by atoms with Crippen LogP contribution in [0.15, 0.2) is 42.4 Å². The van der Waals surface area contributed by atoms with E-state index < -0.39 is 59.9 Å². The molecular weight excluding hydrogens is 442 g/mol. The zero-order chi connectivity index (χ0) is 25.7. The molecule has 2 aliphatic rings. The summed E-state index contributed by atoms with van der Waals surface area (Å²) in [6, 6.07) is 3.85. The average Bonchev–Trinajstić information content (AvgIpc) is 3.10. The number of carbonyl (C=O) groups excluding carboxylic acids is 4. The lowest BCUT2D eigenvalue weighted by atomic mass is 9.97. The van der Waals surface area contributed by atoms with Crippen molar-refractivity contribution in [1.82, 2.24) is 10.2 Å². The van der Waals surface area contributed by atoms with Crippen LogP contribution in [0.2, 0.25) is 5.02 Å². The van der Waals surface area contributed by atoms with Crippen LogP contribution in [0, 0.1) is 0 Å². The molecule has 0 bridgehead atoms. The Morgan fingerprint density at radius 1 is 1.25 bits per heavy atom. The van der Waals surface area contributed by atoms with Crippen LogP contribution in [0.25, 0.3) is 0 Å². The Hall–Kier alpha value is -3.13. The second kappa shape index (κ2) is 8.43. The molecule has 6 nitrogen and oxygen atoms in total. The number of hydrogen-bond acceptors (Lipinski definition) is 4. The number of rotatable bonds is 6. The Labute approximate surface area is 191 Å². The summed E-state index contributed by atoms with van der Waals surface area (Å²) < 4.78 is 54.3. The molecule has 2 aliphatic heterocycles. The highest BCUT2D eigenvalue weighted by molar-refractivity contribution is 6.30. The van der Waals surface area contributed by atoms with Gasteiger partial charge in [-0.25, -0.2) is 0 Å². The largest absolute Gasteiger partial charge is 0.330 e. The van der Waals surface area contributed by atoms with Crippen LogP contribution in [0.3, 0.4) is 0 Å². The zero-order valence-electron chi connectivity index (χ0n) is 19.6. The molecular formula is C23H19ClF2N2O4. The molecule has 2 aromatic rings. The Balaban J connectivity index is 1.58. The van der Waals surface area contributed by atoms with Gasteiger partial charge in [0.05, 0.1) is 2.74 Å². The van der Waals surface area contributed by atoms with E-state index in [1.54, 1.807) is 0 Å². The molecule has 1 saturated heterocycles. The molecule has 32 heavy (non-hydrogen) atoms. The third kappa shape index (κ3) is 4.14. The molecule has 166 valence electrons. The van der Waals surface area contributed by atoms with Gasteiger partial charge >= 0.3 is 5.92 Å². The molecule has 4 rings (SSSR count). The third-order valence-corrected chi connectivity index (χ3v) is 5.69. The van der Waals surface area contributed by atoms with Crippen LogP contribution in [-0.2, 0) is 33.2 Å². The lowest BCUT2D eigenvalue weighted by Crippen LogP contribution is -2.52. The first-order valence-electron chi connectivity index (χ1n) is 11.4. The number of amides is 3. The molecule has 3 amide bonds. The number of alkyl halides is 2. The van der Waals surface area contributed by atoms with Gasteiger partial charge in [-0.1, -0.05) is 35.8 Å². The molecule has 1 N–H and O–H groups in total. The van der Waals surface area contributed by atoms with Gasteiger partial charge in [0.15, 0.2) is 0 Å². The van der Waals surface area contributed by atoms with Gasteiger partial charge in [0.25, 0.3) is 5.91 Å². The summed E-state index contributed by atoms with van der Waals surface area (Å²) in [7, 11) is 0. The SMILES string of the molecule is [2H]c1cc2c(c([2H])c1C([2H])CC(=O)C(F)(F)c1ccc(Cl)cc1)CN(C1CCC(=O)NC1=O)C2=O. The number of piperidine rings is 1. The van der Waals surface area contributed by atoms with Crippen molar-refractivity contribution in [2.75, 3.05) is 0 Å². The Bertz CT molecular complexity index is 1260. The fourth-order valence-corrected chi connectivity index (χ4v) is 3.83. The van der Waals surface area contributed by atoms with E-state index in [2.05, 4.69) is 5.32 Å². The van der Waals surface area contributed by atoms with Gasteiger partial charge in [-0.2, -0.15) is 8.78 Å². The number of imide groups is 1. The Morgan fingerprint density at radius 2 is 1.97 bits per heavy atom. The molecule has 0 spiro atoms. The number of carbonyl (C=O) groups is 4. The van der Waals surface area contributed by atoms with E-state index in [9.17, 15) is 28.0 Å². The number of nitrogens with zero attached hydrogens (tertiary/aromatic N) is 1. The number of halogens is 3. The lowest BCUT2D eigenvalue weighted by molar-refractivity contribution is -0.144. The van der Waals surface area contributed by atoms with Gasteiger partial charge in [-0.05, 0) is 42.1 Å². The monoisotopic (exact) mass is 463 g/mol. The molecule has 9 heteroatoms. The van der Waals surface area contributed by atoms with E-state index in [0.29, 0.717) is 0 Å². The van der Waals surface area contributed by atoms with Crippen LogP contribution >= 0.6 is 11.6 Å². The summed E-state index contributed by atoms with van der Waals surface area (Å²) in [5.74, 6) is -7.16. The fraction of sp³-hybridized carbons (Fsp3) is 0.304. The summed E-state index contributed by atoms with van der Waals surface area (Å²) >= 11 is 5.71. The van der Waals surface area contributed by atoms with Crippen molar-refractivity contribution in [3.8, 4) is 0 Å². The minimum Gasteiger partial charge on any atom is -0.322 e. The molecule has 2 aromatic carbocycles. The summed E-state index contributed by atoms with van der Waals surface area (Å²) in [5, 5.41) is 2.37. The van der Waals surface area contributed by atoms with Crippen molar-refractivity contribution in [3.05, 3.63) is 69.7 Å². The number of hydrogen-bond donors (Lipinski definition) is 1. The highest BCUT2D eigenvalue weighted by Gasteiger charge is 2.41. The van der Waals surface area contributed by atoms with Gasteiger partial charge in [0.2, 0.25) is 17.6 Å². The standard InChI is InChI=1S/C23H19ClF2N2O4/c24-16-5-3-15(4-6-16)23(25,26)19(29)9-2-13-1-7-17-14(11-13)12-28(22(17)32)18-8-10-20(30)27-21(18)31/h1,3-7,11,18H,2,8-10,12H2,(H,27,30,31)/i1D,2D,11D. The number of benzene rings is 2. The molecule has 0 saturated carbocycles. The van der Waals surface area contributed by atoms with Gasteiger partial charge in [-0.3, -0.25) is 24.5 Å². The van der Waals surface area contributed by atoms with Gasteiger partial charge in [-0.15, -0.1) is 0 Å². The number of Topliss-reactive ketones (excluding diaryl/α,β-unsaturated/α-hetero) is 1. The fourth-order valence-electron chi connectivity index (χ4n) is 3.70. The summed E-state index contributed by atoms with van der Waals surface area (Å²) in [6.07, 6.45) is -2.46. The Morgan fingerprint density at radius 3 is 2.66 bits per heavy atom. The van der Waals surface area contributed by atoms with Crippen molar-refractivity contribution < 1.29 is 32.1 Å². The van der Waals surface area contributed by atoms with Crippen molar-refractivity contribution >= 4 is 35.1 Å². The molecule has 0 aliphatic carbocycles. The average molecular weight is 464 g/mol. The summed E-state index contributed by atoms with van der Waals surface area (Å²) in [4.78, 5) is 50.1. The minimum atomic E-state index is -3.90. The topological polar surface area (TPSA) is 83.6 Å². The maximum Gasteiger partial charge on any atom is 0.330 e. The summed E-state index contributed by atoms with van der Waals surface area (Å²) in [5.41, 5.74) is -0.712. The number of nitrogens with one attached hydrogen (secondary N) is 1. The second-order valence-electron chi connectivity index (χ2n) is 7.53. The van der Waals surface area contributed by atoms with Crippen LogP contribution in [0.4, 0.5) is 8.78 Å². The van der Waals surface area contributed by atoms with Crippen molar-refractivity contribution in [2.24, 2.45) is 0 Å². The maximum atomic E-state index is 14.7. The highest BCUT2D eigenvalue weighted by atomic mass is 35.5. The highest BCUT2D eigenvalue weighted by Crippen LogP contribution is 2.32. The van der Waals surface area contributed by atoms with Crippen molar-refractivity contribution in [3.63, 3.8) is 0 Å². The maximum absolute atomic E-state index is 14.7. The van der Waals surface area contributed by atoms with E-state index in [0.717, 1.165) is 18.2 Å². The molecule has 2 heterocycles. The van der Waals surface area contributed by atoms with Crippen LogP contribution in [0.5, 0.6) is 0 Å². The quantitative estimate of drug-likeness (QED) is 0.665. The van der Waals surface area contributed by atoms with Crippen molar-refractivity contribution in [1.29, 1.82) is 0 Å². The van der Waals surface area contributed by atoms with Crippen LogP contribution < -0.4 is 5.32 Å².